The van der Waals surface area contributed by atoms with Crippen molar-refractivity contribution in [1.29, 1.82) is 0 Å². The summed E-state index contributed by atoms with van der Waals surface area (Å²) in [6, 6.07) is 5.60. The fourth-order valence-corrected chi connectivity index (χ4v) is 5.20. The van der Waals surface area contributed by atoms with Gasteiger partial charge in [-0.2, -0.15) is 0 Å². The fraction of sp³-hybridized carbons (Fsp3) is 0.556. The molecule has 0 saturated carbocycles. The van der Waals surface area contributed by atoms with Gasteiger partial charge < -0.3 is 24.3 Å². The summed E-state index contributed by atoms with van der Waals surface area (Å²) < 4.78 is 22.6. The Morgan fingerprint density at radius 1 is 1.24 bits per heavy atom. The largest absolute Gasteiger partial charge is 0.493 e. The van der Waals surface area contributed by atoms with Crippen molar-refractivity contribution >= 4 is 11.8 Å². The molecule has 0 aromatic heterocycles. The van der Waals surface area contributed by atoms with Crippen LogP contribution in [-0.4, -0.2) is 44.8 Å². The van der Waals surface area contributed by atoms with Gasteiger partial charge in [0.05, 0.1) is 25.4 Å². The maximum atomic E-state index is 13.4. The molecule has 1 aromatic carbocycles. The number of rotatable bonds is 7. The second-order valence-corrected chi connectivity index (χ2v) is 10.0. The Labute approximate surface area is 201 Å². The van der Waals surface area contributed by atoms with E-state index >= 15 is 0 Å². The van der Waals surface area contributed by atoms with Crippen molar-refractivity contribution in [2.24, 2.45) is 5.41 Å². The number of benzene rings is 1. The number of hydrogen-bond acceptors (Lipinski definition) is 7. The molecule has 34 heavy (non-hydrogen) atoms. The monoisotopic (exact) mass is 469 g/mol. The molecule has 2 atom stereocenters. The van der Waals surface area contributed by atoms with E-state index in [1.54, 1.807) is 7.11 Å². The molecule has 7 heteroatoms. The predicted molar refractivity (Wildman–Crippen MR) is 128 cm³/mol. The van der Waals surface area contributed by atoms with Gasteiger partial charge in [-0.3, -0.25) is 4.79 Å². The minimum Gasteiger partial charge on any atom is -0.493 e. The Morgan fingerprint density at radius 2 is 2.03 bits per heavy atom. The van der Waals surface area contributed by atoms with Crippen molar-refractivity contribution in [3.05, 3.63) is 46.3 Å². The maximum absolute atomic E-state index is 13.4. The average Bonchev–Trinajstić information content (AvgIpc) is 3.30. The first-order valence-corrected chi connectivity index (χ1v) is 12.1. The number of carbonyl (C=O) groups is 2. The lowest BCUT2D eigenvalue weighted by Gasteiger charge is -2.39. The minimum absolute atomic E-state index is 0.0496. The minimum atomic E-state index is -0.540. The van der Waals surface area contributed by atoms with Crippen LogP contribution in [-0.2, 0) is 19.1 Å². The number of nitrogens with one attached hydrogen (secondary N) is 1. The van der Waals surface area contributed by atoms with Gasteiger partial charge in [-0.15, -0.1) is 0 Å². The number of allylic oxidation sites excluding steroid dienone is 3. The van der Waals surface area contributed by atoms with Crippen molar-refractivity contribution in [3.63, 3.8) is 0 Å². The van der Waals surface area contributed by atoms with E-state index in [2.05, 4.69) is 19.2 Å². The van der Waals surface area contributed by atoms with Crippen molar-refractivity contribution in [2.75, 3.05) is 26.9 Å². The van der Waals surface area contributed by atoms with Crippen LogP contribution in [0.3, 0.4) is 0 Å². The smallest absolute Gasteiger partial charge is 0.336 e. The van der Waals surface area contributed by atoms with E-state index in [4.69, 9.17) is 18.9 Å². The molecule has 3 aliphatic rings. The lowest BCUT2D eigenvalue weighted by molar-refractivity contribution is -0.142. The van der Waals surface area contributed by atoms with Crippen LogP contribution >= 0.6 is 0 Å². The van der Waals surface area contributed by atoms with Crippen molar-refractivity contribution in [2.45, 2.75) is 65.4 Å². The number of ether oxygens (including phenoxy) is 4. The van der Waals surface area contributed by atoms with E-state index in [0.717, 1.165) is 30.5 Å². The van der Waals surface area contributed by atoms with Gasteiger partial charge in [0.15, 0.2) is 17.3 Å². The Balaban J connectivity index is 1.75. The van der Waals surface area contributed by atoms with Gasteiger partial charge >= 0.3 is 5.97 Å². The summed E-state index contributed by atoms with van der Waals surface area (Å²) in [5, 5.41) is 3.37. The lowest BCUT2D eigenvalue weighted by Crippen LogP contribution is -2.39. The van der Waals surface area contributed by atoms with Crippen LogP contribution in [0.5, 0.6) is 11.5 Å². The van der Waals surface area contributed by atoms with Crippen LogP contribution < -0.4 is 14.8 Å². The van der Waals surface area contributed by atoms with E-state index in [0.29, 0.717) is 48.0 Å². The number of Topliss-reactive ketones (excluding diaryl/α,β-unsaturated/α-hetero) is 1. The lowest BCUT2D eigenvalue weighted by atomic mass is 9.68. The number of carbonyl (C=O) groups excluding carboxylic acids is 2. The quantitative estimate of drug-likeness (QED) is 0.592. The van der Waals surface area contributed by atoms with E-state index in [-0.39, 0.29) is 23.9 Å². The third-order valence-corrected chi connectivity index (χ3v) is 6.70. The highest BCUT2D eigenvalue weighted by Gasteiger charge is 2.43. The summed E-state index contributed by atoms with van der Waals surface area (Å²) >= 11 is 0. The fourth-order valence-electron chi connectivity index (χ4n) is 5.20. The molecule has 1 aromatic rings. The summed E-state index contributed by atoms with van der Waals surface area (Å²) in [7, 11) is 1.58. The van der Waals surface area contributed by atoms with Gasteiger partial charge in [0.25, 0.3) is 0 Å². The number of esters is 1. The Hall–Kier alpha value is -2.80. The van der Waals surface area contributed by atoms with Gasteiger partial charge in [0.1, 0.15) is 6.61 Å². The molecule has 0 unspecified atom stereocenters. The zero-order valence-electron chi connectivity index (χ0n) is 20.8. The van der Waals surface area contributed by atoms with Gasteiger partial charge in [0, 0.05) is 35.9 Å². The summed E-state index contributed by atoms with van der Waals surface area (Å²) in [5.74, 6) is 0.266. The second-order valence-electron chi connectivity index (χ2n) is 10.0. The molecule has 0 amide bonds. The van der Waals surface area contributed by atoms with Crippen LogP contribution in [0.2, 0.25) is 0 Å². The van der Waals surface area contributed by atoms with Crippen LogP contribution in [0.25, 0.3) is 0 Å². The molecule has 4 rings (SSSR count). The number of ketones is 1. The Kier molecular flexibility index (Phi) is 7.03. The zero-order chi connectivity index (χ0) is 24.5. The average molecular weight is 470 g/mol. The predicted octanol–water partition coefficient (Wildman–Crippen LogP) is 4.42. The van der Waals surface area contributed by atoms with Crippen LogP contribution in [0.1, 0.15) is 64.9 Å². The molecule has 1 aliphatic carbocycles. The molecule has 0 spiro atoms. The molecular formula is C27H35NO6. The number of dihydropyridines is 1. The SMILES string of the molecule is CCOc1ccc([C@@H]2C(C(=O)OC[C@H]3CCCO3)=C(C)NC3=C2C(=O)CC(C)(C)C3)cc1OC. The first-order chi connectivity index (χ1) is 16.2. The van der Waals surface area contributed by atoms with Gasteiger partial charge in [-0.05, 0) is 56.2 Å². The van der Waals surface area contributed by atoms with Crippen LogP contribution in [0.15, 0.2) is 40.7 Å². The molecule has 0 bridgehead atoms. The highest BCUT2D eigenvalue weighted by molar-refractivity contribution is 6.04. The van der Waals surface area contributed by atoms with Gasteiger partial charge in [0.2, 0.25) is 0 Å². The number of hydrogen-bond donors (Lipinski definition) is 1. The highest BCUT2D eigenvalue weighted by atomic mass is 16.6. The van der Waals surface area contributed by atoms with E-state index in [1.807, 2.05) is 32.0 Å². The van der Waals surface area contributed by atoms with Crippen molar-refractivity contribution < 1.29 is 28.5 Å². The standard InChI is InChI=1S/C27H35NO6/c1-6-32-21-10-9-17(12-22(21)31-5)24-23(26(30)34-15-18-8-7-11-33-18)16(2)28-19-13-27(3,4)14-20(29)25(19)24/h9-10,12,18,24,28H,6-8,11,13-15H2,1-5H3/t18-,24-/m1/s1. The van der Waals surface area contributed by atoms with Crippen molar-refractivity contribution in [3.8, 4) is 11.5 Å². The van der Waals surface area contributed by atoms with Crippen molar-refractivity contribution in [1.82, 2.24) is 5.32 Å². The van der Waals surface area contributed by atoms with Gasteiger partial charge in [-0.25, -0.2) is 4.79 Å². The Bertz CT molecular complexity index is 1030. The second kappa shape index (κ2) is 9.82. The zero-order valence-corrected chi connectivity index (χ0v) is 20.8. The molecule has 0 radical (unpaired) electrons. The molecule has 184 valence electrons. The first-order valence-electron chi connectivity index (χ1n) is 12.1. The Morgan fingerprint density at radius 3 is 2.71 bits per heavy atom. The highest BCUT2D eigenvalue weighted by Crippen LogP contribution is 2.48. The molecule has 1 N–H and O–H groups in total. The number of methoxy groups -OCH3 is 1. The third kappa shape index (κ3) is 4.85. The van der Waals surface area contributed by atoms with Gasteiger partial charge in [-0.1, -0.05) is 19.9 Å². The molecule has 2 heterocycles. The molecular weight excluding hydrogens is 434 g/mol. The maximum Gasteiger partial charge on any atom is 0.336 e. The normalized spacial score (nSPS) is 24.0. The van der Waals surface area contributed by atoms with E-state index in [1.165, 1.54) is 0 Å². The van der Waals surface area contributed by atoms with E-state index in [9.17, 15) is 9.59 Å². The van der Waals surface area contributed by atoms with Crippen LogP contribution in [0, 0.1) is 5.41 Å². The summed E-state index contributed by atoms with van der Waals surface area (Å²) in [6.45, 7) is 9.38. The topological polar surface area (TPSA) is 83.1 Å². The third-order valence-electron chi connectivity index (χ3n) is 6.70. The molecule has 7 nitrogen and oxygen atoms in total. The first kappa shape index (κ1) is 24.3. The summed E-state index contributed by atoms with van der Waals surface area (Å²) in [4.78, 5) is 26.9. The van der Waals surface area contributed by atoms with E-state index < -0.39 is 11.9 Å². The van der Waals surface area contributed by atoms with Crippen LogP contribution in [0.4, 0.5) is 0 Å². The summed E-state index contributed by atoms with van der Waals surface area (Å²) in [6.07, 6.45) is 2.94. The molecule has 2 aliphatic heterocycles. The molecule has 1 saturated heterocycles. The molecule has 1 fully saturated rings. The summed E-state index contributed by atoms with van der Waals surface area (Å²) in [5.41, 5.74) is 3.33.